The van der Waals surface area contributed by atoms with Gasteiger partial charge in [-0.1, -0.05) is 39.8 Å². The molecule has 0 saturated carbocycles. The Balaban J connectivity index is 2.14. The third-order valence-corrected chi connectivity index (χ3v) is 5.13. The molecule has 0 aliphatic carbocycles. The summed E-state index contributed by atoms with van der Waals surface area (Å²) < 4.78 is 13.2. The summed E-state index contributed by atoms with van der Waals surface area (Å²) in [5.41, 5.74) is 0.814. The summed E-state index contributed by atoms with van der Waals surface area (Å²) in [6.45, 7) is 8.71. The van der Waals surface area contributed by atoms with Gasteiger partial charge in [-0.05, 0) is 42.4 Å². The van der Waals surface area contributed by atoms with Crippen LogP contribution in [-0.4, -0.2) is 58.0 Å². The first kappa shape index (κ1) is 23.6. The number of urea groups is 1. The van der Waals surface area contributed by atoms with E-state index in [0.29, 0.717) is 32.5 Å². The minimum atomic E-state index is -1.08. The molecular formula is C22H32FN3O4. The van der Waals surface area contributed by atoms with Crippen LogP contribution in [0.15, 0.2) is 24.3 Å². The van der Waals surface area contributed by atoms with Crippen molar-refractivity contribution in [1.82, 2.24) is 15.1 Å². The molecule has 0 spiro atoms. The van der Waals surface area contributed by atoms with E-state index in [1.54, 1.807) is 17.0 Å². The van der Waals surface area contributed by atoms with Crippen LogP contribution >= 0.6 is 0 Å². The maximum absolute atomic E-state index is 13.2. The lowest BCUT2D eigenvalue weighted by molar-refractivity contribution is -0.141. The minimum absolute atomic E-state index is 0.104. The summed E-state index contributed by atoms with van der Waals surface area (Å²) in [6, 6.07) is 3.82. The van der Waals surface area contributed by atoms with Gasteiger partial charge in [0.25, 0.3) is 0 Å². The fourth-order valence-corrected chi connectivity index (χ4v) is 3.65. The number of hydrogen-bond acceptors (Lipinski definition) is 3. The number of carboxylic acids is 1. The predicted molar refractivity (Wildman–Crippen MR) is 111 cm³/mol. The van der Waals surface area contributed by atoms with Gasteiger partial charge in [-0.2, -0.15) is 0 Å². The molecule has 7 nitrogen and oxygen atoms in total. The number of rotatable bonds is 8. The number of nitrogens with one attached hydrogen (secondary N) is 1. The summed E-state index contributed by atoms with van der Waals surface area (Å²) in [7, 11) is 0. The van der Waals surface area contributed by atoms with E-state index in [2.05, 4.69) is 5.32 Å². The van der Waals surface area contributed by atoms with E-state index in [0.717, 1.165) is 5.56 Å². The van der Waals surface area contributed by atoms with Gasteiger partial charge in [0.2, 0.25) is 5.91 Å². The first-order chi connectivity index (χ1) is 14.1. The monoisotopic (exact) mass is 421 g/mol. The third kappa shape index (κ3) is 6.43. The highest BCUT2D eigenvalue weighted by Gasteiger charge is 2.38. The van der Waals surface area contributed by atoms with E-state index in [9.17, 15) is 23.9 Å². The molecule has 2 rings (SSSR count). The van der Waals surface area contributed by atoms with E-state index >= 15 is 0 Å². The van der Waals surface area contributed by atoms with Crippen molar-refractivity contribution in [2.75, 3.05) is 13.1 Å². The SMILES string of the molecule is CC(C)C[C@H](NC(=O)N1CCN(Cc2ccc(F)cc2)C(=O)[C@@H]1CC(C)C)C(=O)O. The van der Waals surface area contributed by atoms with Crippen molar-refractivity contribution in [3.05, 3.63) is 35.6 Å². The van der Waals surface area contributed by atoms with Crippen molar-refractivity contribution in [1.29, 1.82) is 0 Å². The molecule has 30 heavy (non-hydrogen) atoms. The fraction of sp³-hybridized carbons (Fsp3) is 0.591. The average Bonchev–Trinajstić information content (AvgIpc) is 2.65. The lowest BCUT2D eigenvalue weighted by Gasteiger charge is -2.41. The van der Waals surface area contributed by atoms with Crippen molar-refractivity contribution in [2.45, 2.75) is 59.2 Å². The molecule has 1 heterocycles. The van der Waals surface area contributed by atoms with Crippen LogP contribution in [0.1, 0.15) is 46.1 Å². The van der Waals surface area contributed by atoms with Gasteiger partial charge in [-0.25, -0.2) is 14.0 Å². The molecule has 0 bridgehead atoms. The second-order valence-electron chi connectivity index (χ2n) is 8.69. The number of benzene rings is 1. The number of carbonyl (C=O) groups is 3. The number of aliphatic carboxylic acids is 1. The van der Waals surface area contributed by atoms with E-state index in [-0.39, 0.29) is 23.6 Å². The highest BCUT2D eigenvalue weighted by Crippen LogP contribution is 2.21. The number of carboxylic acid groups (broad SMARTS) is 1. The Kier molecular flexibility index (Phi) is 8.20. The van der Waals surface area contributed by atoms with Gasteiger partial charge in [0.05, 0.1) is 0 Å². The van der Waals surface area contributed by atoms with E-state index in [4.69, 9.17) is 0 Å². The van der Waals surface area contributed by atoms with E-state index in [1.165, 1.54) is 17.0 Å². The maximum Gasteiger partial charge on any atom is 0.326 e. The van der Waals surface area contributed by atoms with Gasteiger partial charge in [0.15, 0.2) is 0 Å². The summed E-state index contributed by atoms with van der Waals surface area (Å²) in [6.07, 6.45) is 0.794. The Bertz CT molecular complexity index is 751. The number of hydrogen-bond donors (Lipinski definition) is 2. The Hall–Kier alpha value is -2.64. The average molecular weight is 422 g/mol. The van der Waals surface area contributed by atoms with Gasteiger partial charge in [-0.15, -0.1) is 0 Å². The number of amides is 3. The molecular weight excluding hydrogens is 389 g/mol. The van der Waals surface area contributed by atoms with Gasteiger partial charge >= 0.3 is 12.0 Å². The second-order valence-corrected chi connectivity index (χ2v) is 8.69. The molecule has 8 heteroatoms. The van der Waals surface area contributed by atoms with Crippen molar-refractivity contribution in [2.24, 2.45) is 11.8 Å². The number of nitrogens with zero attached hydrogens (tertiary/aromatic N) is 2. The number of piperazine rings is 1. The topological polar surface area (TPSA) is 90.0 Å². The third-order valence-electron chi connectivity index (χ3n) is 5.13. The Labute approximate surface area is 177 Å². The molecule has 1 aliphatic rings. The van der Waals surface area contributed by atoms with E-state index < -0.39 is 24.1 Å². The summed E-state index contributed by atoms with van der Waals surface area (Å²) in [4.78, 5) is 40.7. The van der Waals surface area contributed by atoms with Crippen molar-refractivity contribution in [3.63, 3.8) is 0 Å². The molecule has 1 aliphatic heterocycles. The zero-order valence-corrected chi connectivity index (χ0v) is 18.1. The van der Waals surface area contributed by atoms with Crippen LogP contribution in [0.25, 0.3) is 0 Å². The predicted octanol–water partition coefficient (Wildman–Crippen LogP) is 3.09. The molecule has 0 aromatic heterocycles. The molecule has 2 N–H and O–H groups in total. The lowest BCUT2D eigenvalue weighted by Crippen LogP contribution is -2.62. The van der Waals surface area contributed by atoms with Gasteiger partial charge in [0.1, 0.15) is 17.9 Å². The molecule has 1 aromatic carbocycles. The van der Waals surface area contributed by atoms with Crippen molar-refractivity contribution in [3.8, 4) is 0 Å². The second kappa shape index (κ2) is 10.4. The molecule has 166 valence electrons. The van der Waals surface area contributed by atoms with Gasteiger partial charge in [0, 0.05) is 19.6 Å². The van der Waals surface area contributed by atoms with Crippen LogP contribution in [0.2, 0.25) is 0 Å². The highest BCUT2D eigenvalue weighted by molar-refractivity contribution is 5.90. The zero-order valence-electron chi connectivity index (χ0n) is 18.1. The largest absolute Gasteiger partial charge is 0.480 e. The van der Waals surface area contributed by atoms with Gasteiger partial charge in [-0.3, -0.25) is 4.79 Å². The van der Waals surface area contributed by atoms with Crippen LogP contribution in [0.5, 0.6) is 0 Å². The molecule has 1 aromatic rings. The van der Waals surface area contributed by atoms with Crippen LogP contribution in [0.3, 0.4) is 0 Å². The van der Waals surface area contributed by atoms with Crippen LogP contribution in [-0.2, 0) is 16.1 Å². The molecule has 0 unspecified atom stereocenters. The van der Waals surface area contributed by atoms with Crippen molar-refractivity contribution >= 4 is 17.9 Å². The molecule has 0 radical (unpaired) electrons. The van der Waals surface area contributed by atoms with Crippen LogP contribution in [0, 0.1) is 17.7 Å². The number of halogens is 1. The molecule has 2 atom stereocenters. The first-order valence-corrected chi connectivity index (χ1v) is 10.4. The fourth-order valence-electron chi connectivity index (χ4n) is 3.65. The Morgan fingerprint density at radius 1 is 1.13 bits per heavy atom. The quantitative estimate of drug-likeness (QED) is 0.675. The Morgan fingerprint density at radius 3 is 2.30 bits per heavy atom. The zero-order chi connectivity index (χ0) is 22.4. The molecule has 1 saturated heterocycles. The van der Waals surface area contributed by atoms with Crippen LogP contribution in [0.4, 0.5) is 9.18 Å². The lowest BCUT2D eigenvalue weighted by atomic mass is 9.98. The summed E-state index contributed by atoms with van der Waals surface area (Å²) in [5.74, 6) is -1.32. The molecule has 3 amide bonds. The van der Waals surface area contributed by atoms with Crippen molar-refractivity contribution < 1.29 is 23.9 Å². The molecule has 1 fully saturated rings. The van der Waals surface area contributed by atoms with Crippen LogP contribution < -0.4 is 5.32 Å². The smallest absolute Gasteiger partial charge is 0.326 e. The maximum atomic E-state index is 13.2. The van der Waals surface area contributed by atoms with E-state index in [1.807, 2.05) is 27.7 Å². The highest BCUT2D eigenvalue weighted by atomic mass is 19.1. The first-order valence-electron chi connectivity index (χ1n) is 10.4. The number of carbonyl (C=O) groups excluding carboxylic acids is 2. The summed E-state index contributed by atoms with van der Waals surface area (Å²) in [5, 5.41) is 12.0. The Morgan fingerprint density at radius 2 is 1.77 bits per heavy atom. The summed E-state index contributed by atoms with van der Waals surface area (Å²) >= 11 is 0. The normalized spacial score (nSPS) is 18.1. The minimum Gasteiger partial charge on any atom is -0.480 e. The standard InChI is InChI=1S/C22H32FN3O4/c1-14(2)11-18(21(28)29)24-22(30)26-10-9-25(20(27)19(26)12-15(3)4)13-16-5-7-17(23)8-6-16/h5-8,14-15,18-19H,9-13H2,1-4H3,(H,24,30)(H,28,29)/t18-,19-/m0/s1. The van der Waals surface area contributed by atoms with Gasteiger partial charge < -0.3 is 20.2 Å².